The molecular formula is C13H21N3O. The van der Waals surface area contributed by atoms with Crippen LogP contribution >= 0.6 is 0 Å². The normalized spacial score (nSPS) is 23.7. The summed E-state index contributed by atoms with van der Waals surface area (Å²) in [5.41, 5.74) is 2.78. The summed E-state index contributed by atoms with van der Waals surface area (Å²) in [6.45, 7) is 6.74. The number of aromatic nitrogens is 2. The van der Waals surface area contributed by atoms with E-state index in [1.54, 1.807) is 0 Å². The van der Waals surface area contributed by atoms with Crippen LogP contribution in [0.4, 0.5) is 0 Å². The number of nitrogens with one attached hydrogen (secondary N) is 1. The van der Waals surface area contributed by atoms with Crippen molar-refractivity contribution in [1.82, 2.24) is 15.1 Å². The molecule has 2 heterocycles. The van der Waals surface area contributed by atoms with E-state index in [2.05, 4.69) is 21.3 Å². The van der Waals surface area contributed by atoms with Crippen molar-refractivity contribution in [3.8, 4) is 0 Å². The van der Waals surface area contributed by atoms with Gasteiger partial charge in [0.25, 0.3) is 0 Å². The lowest BCUT2D eigenvalue weighted by Crippen LogP contribution is -2.31. The maximum atomic E-state index is 5.56. The molecule has 1 aliphatic heterocycles. The molecule has 0 spiro atoms. The Morgan fingerprint density at radius 1 is 1.53 bits per heavy atom. The second-order valence-electron chi connectivity index (χ2n) is 5.16. The lowest BCUT2D eigenvalue weighted by atomic mass is 9.97. The van der Waals surface area contributed by atoms with E-state index in [4.69, 9.17) is 4.74 Å². The van der Waals surface area contributed by atoms with E-state index < -0.39 is 0 Å². The summed E-state index contributed by atoms with van der Waals surface area (Å²) in [6.07, 6.45) is 4.82. The third-order valence-electron chi connectivity index (χ3n) is 3.76. The van der Waals surface area contributed by atoms with E-state index in [9.17, 15) is 0 Å². The molecule has 2 aliphatic rings. The summed E-state index contributed by atoms with van der Waals surface area (Å²) in [6, 6.07) is 0. The molecule has 1 fully saturated rings. The third kappa shape index (κ3) is 2.38. The van der Waals surface area contributed by atoms with E-state index in [0.29, 0.717) is 5.92 Å². The molecule has 17 heavy (non-hydrogen) atoms. The molecule has 4 nitrogen and oxygen atoms in total. The lowest BCUT2D eigenvalue weighted by Gasteiger charge is -2.24. The molecule has 1 aromatic rings. The lowest BCUT2D eigenvalue weighted by molar-refractivity contribution is 0.129. The van der Waals surface area contributed by atoms with E-state index in [-0.39, 0.29) is 0 Å². The molecule has 0 unspecified atom stereocenters. The van der Waals surface area contributed by atoms with Gasteiger partial charge in [-0.1, -0.05) is 0 Å². The van der Waals surface area contributed by atoms with Gasteiger partial charge >= 0.3 is 0 Å². The molecule has 0 saturated heterocycles. The summed E-state index contributed by atoms with van der Waals surface area (Å²) >= 11 is 0. The number of rotatable bonds is 5. The van der Waals surface area contributed by atoms with Gasteiger partial charge in [-0.05, 0) is 25.7 Å². The van der Waals surface area contributed by atoms with Gasteiger partial charge in [-0.3, -0.25) is 4.68 Å². The SMILES string of the molecule is CCOC[C@@H]1CNCc2c1cnn2CC1CC1. The molecule has 0 bridgehead atoms. The number of nitrogens with zero attached hydrogens (tertiary/aromatic N) is 2. The Balaban J connectivity index is 1.75. The third-order valence-corrected chi connectivity index (χ3v) is 3.76. The zero-order valence-electron chi connectivity index (χ0n) is 10.5. The average Bonchev–Trinajstić information content (AvgIpc) is 3.07. The fourth-order valence-corrected chi connectivity index (χ4v) is 2.55. The molecule has 3 rings (SSSR count). The maximum Gasteiger partial charge on any atom is 0.0558 e. The quantitative estimate of drug-likeness (QED) is 0.841. The van der Waals surface area contributed by atoms with Gasteiger partial charge in [0.1, 0.15) is 0 Å². The maximum absolute atomic E-state index is 5.56. The van der Waals surface area contributed by atoms with Crippen molar-refractivity contribution in [3.63, 3.8) is 0 Å². The molecule has 94 valence electrons. The Morgan fingerprint density at radius 2 is 2.41 bits per heavy atom. The van der Waals surface area contributed by atoms with E-state index in [0.717, 1.165) is 38.8 Å². The molecular weight excluding hydrogens is 214 g/mol. The predicted octanol–water partition coefficient (Wildman–Crippen LogP) is 1.52. The van der Waals surface area contributed by atoms with Crippen LogP contribution in [0.3, 0.4) is 0 Å². The van der Waals surface area contributed by atoms with Gasteiger partial charge in [0.05, 0.1) is 18.5 Å². The van der Waals surface area contributed by atoms with Crippen LogP contribution < -0.4 is 5.32 Å². The first kappa shape index (κ1) is 11.2. The molecule has 0 aromatic carbocycles. The minimum atomic E-state index is 0.478. The van der Waals surface area contributed by atoms with Crippen molar-refractivity contribution in [3.05, 3.63) is 17.5 Å². The zero-order valence-corrected chi connectivity index (χ0v) is 10.5. The average molecular weight is 235 g/mol. The van der Waals surface area contributed by atoms with Crippen molar-refractivity contribution in [2.24, 2.45) is 5.92 Å². The highest BCUT2D eigenvalue weighted by atomic mass is 16.5. The number of hydrogen-bond acceptors (Lipinski definition) is 3. The highest BCUT2D eigenvalue weighted by Gasteiger charge is 2.27. The van der Waals surface area contributed by atoms with Crippen LogP contribution in [-0.2, 0) is 17.8 Å². The molecule has 1 aliphatic carbocycles. The molecule has 4 heteroatoms. The van der Waals surface area contributed by atoms with Crippen LogP contribution in [-0.4, -0.2) is 29.5 Å². The van der Waals surface area contributed by atoms with Crippen LogP contribution in [0.1, 0.15) is 36.9 Å². The second kappa shape index (κ2) is 4.78. The monoisotopic (exact) mass is 235 g/mol. The van der Waals surface area contributed by atoms with Crippen molar-refractivity contribution >= 4 is 0 Å². The molecule has 0 radical (unpaired) electrons. The molecule has 0 amide bonds. The van der Waals surface area contributed by atoms with Gasteiger partial charge in [0, 0.05) is 37.7 Å². The summed E-state index contributed by atoms with van der Waals surface area (Å²) < 4.78 is 7.76. The van der Waals surface area contributed by atoms with Crippen molar-refractivity contribution in [2.75, 3.05) is 19.8 Å². The van der Waals surface area contributed by atoms with Crippen molar-refractivity contribution < 1.29 is 4.74 Å². The first-order chi connectivity index (χ1) is 8.38. The standard InChI is InChI=1S/C13H21N3O/c1-2-17-9-11-5-14-7-13-12(11)6-15-16(13)8-10-3-4-10/h6,10-11,14H,2-5,7-9H2,1H3/t11-/m0/s1. The first-order valence-electron chi connectivity index (χ1n) is 6.71. The Morgan fingerprint density at radius 3 is 3.18 bits per heavy atom. The van der Waals surface area contributed by atoms with Crippen LogP contribution in [0, 0.1) is 5.92 Å². The van der Waals surface area contributed by atoms with E-state index in [1.807, 2.05) is 6.92 Å². The molecule has 1 aromatic heterocycles. The van der Waals surface area contributed by atoms with Gasteiger partial charge in [-0.2, -0.15) is 5.10 Å². The summed E-state index contributed by atoms with van der Waals surface area (Å²) in [5.74, 6) is 1.36. The zero-order chi connectivity index (χ0) is 11.7. The number of hydrogen-bond donors (Lipinski definition) is 1. The van der Waals surface area contributed by atoms with Crippen LogP contribution in [0.15, 0.2) is 6.20 Å². The van der Waals surface area contributed by atoms with Gasteiger partial charge in [0.2, 0.25) is 0 Å². The van der Waals surface area contributed by atoms with Gasteiger partial charge in [0.15, 0.2) is 0 Å². The topological polar surface area (TPSA) is 39.1 Å². The minimum Gasteiger partial charge on any atom is -0.381 e. The minimum absolute atomic E-state index is 0.478. The molecule has 1 saturated carbocycles. The van der Waals surface area contributed by atoms with E-state index in [1.165, 1.54) is 24.1 Å². The molecule has 1 N–H and O–H groups in total. The van der Waals surface area contributed by atoms with Crippen molar-refractivity contribution in [2.45, 2.75) is 38.8 Å². The van der Waals surface area contributed by atoms with Gasteiger partial charge in [-0.15, -0.1) is 0 Å². The smallest absolute Gasteiger partial charge is 0.0558 e. The Kier molecular flexibility index (Phi) is 3.16. The fraction of sp³-hybridized carbons (Fsp3) is 0.769. The van der Waals surface area contributed by atoms with Gasteiger partial charge < -0.3 is 10.1 Å². The van der Waals surface area contributed by atoms with E-state index >= 15 is 0 Å². The molecule has 1 atom stereocenters. The Bertz CT molecular complexity index is 384. The first-order valence-corrected chi connectivity index (χ1v) is 6.71. The fourth-order valence-electron chi connectivity index (χ4n) is 2.55. The summed E-state index contributed by atoms with van der Waals surface area (Å²) in [5, 5.41) is 8.04. The summed E-state index contributed by atoms with van der Waals surface area (Å²) in [7, 11) is 0. The Labute approximate surface area is 102 Å². The van der Waals surface area contributed by atoms with Crippen LogP contribution in [0.2, 0.25) is 0 Å². The number of fused-ring (bicyclic) bond motifs is 1. The predicted molar refractivity (Wildman–Crippen MR) is 65.9 cm³/mol. The van der Waals surface area contributed by atoms with Crippen LogP contribution in [0.25, 0.3) is 0 Å². The van der Waals surface area contributed by atoms with Crippen molar-refractivity contribution in [1.29, 1.82) is 0 Å². The number of ether oxygens (including phenoxy) is 1. The summed E-state index contributed by atoms with van der Waals surface area (Å²) in [4.78, 5) is 0. The van der Waals surface area contributed by atoms with Crippen LogP contribution in [0.5, 0.6) is 0 Å². The largest absolute Gasteiger partial charge is 0.381 e. The highest BCUT2D eigenvalue weighted by Crippen LogP contribution is 2.32. The van der Waals surface area contributed by atoms with Gasteiger partial charge in [-0.25, -0.2) is 0 Å². The highest BCUT2D eigenvalue weighted by molar-refractivity contribution is 5.25. The second-order valence-corrected chi connectivity index (χ2v) is 5.16. The Hall–Kier alpha value is -0.870.